The van der Waals surface area contributed by atoms with Gasteiger partial charge in [0.2, 0.25) is 0 Å². The van der Waals surface area contributed by atoms with Crippen molar-refractivity contribution in [1.82, 2.24) is 4.98 Å². The summed E-state index contributed by atoms with van der Waals surface area (Å²) in [6, 6.07) is 1.48. The van der Waals surface area contributed by atoms with Crippen LogP contribution >= 0.6 is 0 Å². The predicted octanol–water partition coefficient (Wildman–Crippen LogP) is 1.07. The summed E-state index contributed by atoms with van der Waals surface area (Å²) < 4.78 is 15.4. The largest absolute Gasteiger partial charge is 0.472 e. The van der Waals surface area contributed by atoms with Crippen LogP contribution < -0.4 is 9.64 Å². The molecule has 1 unspecified atom stereocenters. The van der Waals surface area contributed by atoms with Crippen LogP contribution in [0, 0.1) is 10.1 Å². The fraction of sp³-hybridized carbons (Fsp3) is 0.533. The van der Waals surface area contributed by atoms with Crippen LogP contribution in [0.25, 0.3) is 0 Å². The molecule has 0 saturated carbocycles. The first-order valence-electron chi connectivity index (χ1n) is 7.52. The first-order chi connectivity index (χ1) is 11.7. The van der Waals surface area contributed by atoms with Crippen LogP contribution in [0.15, 0.2) is 12.1 Å². The molecule has 0 radical (unpaired) electrons. The second kappa shape index (κ2) is 7.01. The number of esters is 1. The minimum absolute atomic E-state index is 0.0246. The van der Waals surface area contributed by atoms with Crippen LogP contribution in [0.3, 0.4) is 0 Å². The van der Waals surface area contributed by atoms with E-state index < -0.39 is 34.3 Å². The lowest BCUT2D eigenvalue weighted by molar-refractivity contribution is -0.389. The molecule has 136 valence electrons. The molecule has 10 heteroatoms. The number of fused-ring (bicyclic) bond motifs is 1. The van der Waals surface area contributed by atoms with Gasteiger partial charge in [0.15, 0.2) is 11.4 Å². The summed E-state index contributed by atoms with van der Waals surface area (Å²) in [7, 11) is 1.46. The second-order valence-electron chi connectivity index (χ2n) is 5.87. The topological polar surface area (TPSA) is 121 Å². The number of methoxy groups -OCH3 is 1. The number of ether oxygens (including phenoxy) is 3. The van der Waals surface area contributed by atoms with E-state index in [0.29, 0.717) is 0 Å². The van der Waals surface area contributed by atoms with E-state index in [-0.39, 0.29) is 24.8 Å². The minimum atomic E-state index is -1.26. The number of anilines is 1. The normalized spacial score (nSPS) is 16.6. The summed E-state index contributed by atoms with van der Waals surface area (Å²) in [5.74, 6) is -1.60. The molecule has 2 heterocycles. The fourth-order valence-electron chi connectivity index (χ4n) is 2.30. The Morgan fingerprint density at radius 1 is 1.44 bits per heavy atom. The molecule has 0 aliphatic carbocycles. The number of nitrogens with zero attached hydrogens (tertiary/aromatic N) is 3. The van der Waals surface area contributed by atoms with Crippen molar-refractivity contribution >= 4 is 23.5 Å². The summed E-state index contributed by atoms with van der Waals surface area (Å²) in [5.41, 5.74) is -1.26. The number of carbonyl (C=O) groups excluding carboxylic acids is 2. The van der Waals surface area contributed by atoms with Crippen molar-refractivity contribution in [3.8, 4) is 5.75 Å². The lowest BCUT2D eigenvalue weighted by atomic mass is 10.0. The van der Waals surface area contributed by atoms with E-state index in [4.69, 9.17) is 14.2 Å². The Bertz CT molecular complexity index is 704. The van der Waals surface area contributed by atoms with Gasteiger partial charge in [-0.2, -0.15) is 0 Å². The first-order valence-corrected chi connectivity index (χ1v) is 7.52. The molecule has 2 rings (SSSR count). The summed E-state index contributed by atoms with van der Waals surface area (Å²) in [6.45, 7) is 4.77. The van der Waals surface area contributed by atoms with E-state index >= 15 is 0 Å². The number of rotatable bonds is 6. The summed E-state index contributed by atoms with van der Waals surface area (Å²) >= 11 is 0. The Kier molecular flexibility index (Phi) is 5.21. The van der Waals surface area contributed by atoms with Crippen LogP contribution in [-0.2, 0) is 19.1 Å². The molecular formula is C15H19N3O7. The molecule has 0 aromatic carbocycles. The molecule has 0 N–H and O–H groups in total. The second-order valence-corrected chi connectivity index (χ2v) is 5.87. The highest BCUT2D eigenvalue weighted by Crippen LogP contribution is 2.38. The molecule has 1 amide bonds. The van der Waals surface area contributed by atoms with Crippen molar-refractivity contribution in [3.05, 3.63) is 22.2 Å². The Hall–Kier alpha value is -2.75. The lowest BCUT2D eigenvalue weighted by Gasteiger charge is -2.37. The van der Waals surface area contributed by atoms with Crippen LogP contribution in [0.1, 0.15) is 20.8 Å². The van der Waals surface area contributed by atoms with E-state index in [2.05, 4.69) is 4.98 Å². The number of hydrogen-bond acceptors (Lipinski definition) is 8. The van der Waals surface area contributed by atoms with E-state index in [9.17, 15) is 19.7 Å². The molecule has 1 aromatic heterocycles. The Morgan fingerprint density at radius 2 is 2.12 bits per heavy atom. The zero-order valence-corrected chi connectivity index (χ0v) is 14.3. The smallest absolute Gasteiger partial charge is 0.366 e. The van der Waals surface area contributed by atoms with Gasteiger partial charge in [-0.1, -0.05) is 0 Å². The van der Waals surface area contributed by atoms with Crippen LogP contribution in [-0.4, -0.2) is 53.8 Å². The van der Waals surface area contributed by atoms with Crippen molar-refractivity contribution in [2.24, 2.45) is 0 Å². The van der Waals surface area contributed by atoms with Crippen LogP contribution in [0.5, 0.6) is 5.75 Å². The van der Waals surface area contributed by atoms with Gasteiger partial charge in [0.05, 0.1) is 6.61 Å². The van der Waals surface area contributed by atoms with E-state index in [1.165, 1.54) is 40.0 Å². The molecule has 1 aromatic rings. The molecule has 1 aliphatic heterocycles. The average molecular weight is 353 g/mol. The SMILES string of the molecule is COCCOC(=O)C(C)N1C(=O)C(C)(C)Oc2ccc([N+](=O)[O-])nc21. The highest BCUT2D eigenvalue weighted by Gasteiger charge is 2.48. The zero-order valence-electron chi connectivity index (χ0n) is 14.3. The van der Waals surface area contributed by atoms with Gasteiger partial charge in [-0.15, -0.1) is 0 Å². The Balaban J connectivity index is 2.41. The van der Waals surface area contributed by atoms with Gasteiger partial charge in [0.25, 0.3) is 11.7 Å². The number of hydrogen-bond donors (Lipinski definition) is 0. The Labute approximate surface area is 143 Å². The standard InChI is InChI=1S/C15H19N3O7/c1-9(13(19)24-8-7-23-4)17-12-10(25-15(2,3)14(17)20)5-6-11(16-12)18(21)22/h5-6,9H,7-8H2,1-4H3. The van der Waals surface area contributed by atoms with Gasteiger partial charge in [-0.25, -0.2) is 4.79 Å². The fourth-order valence-corrected chi connectivity index (χ4v) is 2.30. The molecular weight excluding hydrogens is 334 g/mol. The monoisotopic (exact) mass is 353 g/mol. The average Bonchev–Trinajstić information content (AvgIpc) is 2.55. The molecule has 1 atom stereocenters. The molecule has 0 spiro atoms. The maximum Gasteiger partial charge on any atom is 0.366 e. The number of pyridine rings is 1. The molecule has 10 nitrogen and oxygen atoms in total. The number of aromatic nitrogens is 1. The van der Waals surface area contributed by atoms with Crippen molar-refractivity contribution in [2.75, 3.05) is 25.2 Å². The number of amides is 1. The Morgan fingerprint density at radius 3 is 2.72 bits per heavy atom. The maximum atomic E-state index is 12.7. The third-order valence-electron chi connectivity index (χ3n) is 3.60. The van der Waals surface area contributed by atoms with Crippen LogP contribution in [0.4, 0.5) is 11.6 Å². The van der Waals surface area contributed by atoms with Crippen molar-refractivity contribution < 1.29 is 28.7 Å². The van der Waals surface area contributed by atoms with E-state index in [1.807, 2.05) is 0 Å². The van der Waals surface area contributed by atoms with Gasteiger partial charge in [-0.3, -0.25) is 9.69 Å². The molecule has 0 bridgehead atoms. The van der Waals surface area contributed by atoms with Crippen molar-refractivity contribution in [3.63, 3.8) is 0 Å². The first kappa shape index (κ1) is 18.6. The highest BCUT2D eigenvalue weighted by atomic mass is 16.6. The van der Waals surface area contributed by atoms with Crippen molar-refractivity contribution in [2.45, 2.75) is 32.4 Å². The predicted molar refractivity (Wildman–Crippen MR) is 85.4 cm³/mol. The highest BCUT2D eigenvalue weighted by molar-refractivity contribution is 6.05. The molecule has 0 fully saturated rings. The lowest BCUT2D eigenvalue weighted by Crippen LogP contribution is -2.57. The number of carbonyl (C=O) groups is 2. The maximum absolute atomic E-state index is 12.7. The van der Waals surface area contributed by atoms with Crippen LogP contribution in [0.2, 0.25) is 0 Å². The molecule has 0 saturated heterocycles. The van der Waals surface area contributed by atoms with Gasteiger partial charge in [-0.05, 0) is 36.7 Å². The number of nitro groups is 1. The quantitative estimate of drug-likeness (QED) is 0.322. The minimum Gasteiger partial charge on any atom is -0.472 e. The third kappa shape index (κ3) is 3.68. The van der Waals surface area contributed by atoms with Gasteiger partial charge < -0.3 is 24.3 Å². The van der Waals surface area contributed by atoms with Crippen molar-refractivity contribution in [1.29, 1.82) is 0 Å². The summed E-state index contributed by atoms with van der Waals surface area (Å²) in [6.07, 6.45) is 0. The van der Waals surface area contributed by atoms with Gasteiger partial charge in [0.1, 0.15) is 12.6 Å². The van der Waals surface area contributed by atoms with Gasteiger partial charge in [0, 0.05) is 13.2 Å². The molecule has 1 aliphatic rings. The summed E-state index contributed by atoms with van der Waals surface area (Å²) in [5, 5.41) is 11.0. The van der Waals surface area contributed by atoms with E-state index in [0.717, 1.165) is 4.90 Å². The third-order valence-corrected chi connectivity index (χ3v) is 3.60. The molecule has 25 heavy (non-hydrogen) atoms. The van der Waals surface area contributed by atoms with E-state index in [1.54, 1.807) is 0 Å². The zero-order chi connectivity index (χ0) is 18.8. The summed E-state index contributed by atoms with van der Waals surface area (Å²) in [4.78, 5) is 40.2. The van der Waals surface area contributed by atoms with Gasteiger partial charge >= 0.3 is 11.8 Å².